The summed E-state index contributed by atoms with van der Waals surface area (Å²) in [6.45, 7) is 0. The molecule has 0 fully saturated rings. The summed E-state index contributed by atoms with van der Waals surface area (Å²) in [5.74, 6) is 0.826. The molecule has 1 heterocycles. The minimum atomic E-state index is 0. The van der Waals surface area contributed by atoms with E-state index >= 15 is 0 Å². The fourth-order valence-electron chi connectivity index (χ4n) is 0.812. The molecule has 80 valence electrons. The molecule has 3 N–H and O–H groups in total. The van der Waals surface area contributed by atoms with Crippen LogP contribution < -0.4 is 5.73 Å². The van der Waals surface area contributed by atoms with E-state index in [0.717, 1.165) is 17.9 Å². The van der Waals surface area contributed by atoms with Crippen LogP contribution in [-0.2, 0) is 6.42 Å². The average molecular weight is 254 g/mol. The Hall–Kier alpha value is -0.450. The highest BCUT2D eigenvalue weighted by Crippen LogP contribution is 2.02. The van der Waals surface area contributed by atoms with Crippen LogP contribution in [-0.4, -0.2) is 15.9 Å². The number of aryl methyl sites for hydroxylation is 1. The monoisotopic (exact) mass is 253 g/mol. The third-order valence-corrected chi connectivity index (χ3v) is 2.06. The molecule has 0 saturated carbocycles. The molecule has 0 amide bonds. The van der Waals surface area contributed by atoms with Crippen LogP contribution in [0, 0.1) is 5.41 Å². The molecule has 6 heteroatoms. The SMILES string of the molecule is Cl.Cl.N=C(N)SCCc1ccccn1. The van der Waals surface area contributed by atoms with E-state index in [1.165, 1.54) is 11.8 Å². The Labute approximate surface area is 100 Å². The fraction of sp³-hybridized carbons (Fsp3) is 0.250. The molecule has 0 aliphatic rings. The average Bonchev–Trinajstić information content (AvgIpc) is 2.05. The van der Waals surface area contributed by atoms with Crippen LogP contribution in [0.1, 0.15) is 5.69 Å². The Balaban J connectivity index is 0. The Kier molecular flexibility index (Phi) is 10.4. The molecule has 0 saturated heterocycles. The molecule has 0 unspecified atom stereocenters. The lowest BCUT2D eigenvalue weighted by Crippen LogP contribution is -2.05. The van der Waals surface area contributed by atoms with Crippen LogP contribution in [0.15, 0.2) is 24.4 Å². The van der Waals surface area contributed by atoms with Crippen molar-refractivity contribution in [2.24, 2.45) is 5.73 Å². The van der Waals surface area contributed by atoms with Gasteiger partial charge in [-0.1, -0.05) is 17.8 Å². The lowest BCUT2D eigenvalue weighted by molar-refractivity contribution is 1.05. The summed E-state index contributed by atoms with van der Waals surface area (Å²) < 4.78 is 0. The van der Waals surface area contributed by atoms with Gasteiger partial charge < -0.3 is 5.73 Å². The lowest BCUT2D eigenvalue weighted by Gasteiger charge is -1.98. The van der Waals surface area contributed by atoms with Crippen molar-refractivity contribution in [1.82, 2.24) is 4.98 Å². The maximum Gasteiger partial charge on any atom is 0.151 e. The molecular formula is C8H13Cl2N3S. The van der Waals surface area contributed by atoms with Crippen molar-refractivity contribution in [2.75, 3.05) is 5.75 Å². The highest BCUT2D eigenvalue weighted by atomic mass is 35.5. The quantitative estimate of drug-likeness (QED) is 0.641. The first-order chi connectivity index (χ1) is 5.79. The lowest BCUT2D eigenvalue weighted by atomic mass is 10.3. The van der Waals surface area contributed by atoms with Crippen LogP contribution in [0.25, 0.3) is 0 Å². The van der Waals surface area contributed by atoms with Crippen molar-refractivity contribution < 1.29 is 0 Å². The number of nitrogens with one attached hydrogen (secondary N) is 1. The van der Waals surface area contributed by atoms with E-state index in [1.807, 2.05) is 18.2 Å². The molecular weight excluding hydrogens is 241 g/mol. The second kappa shape index (κ2) is 9.12. The predicted octanol–water partition coefficient (Wildman–Crippen LogP) is 2.09. The van der Waals surface area contributed by atoms with Crippen LogP contribution in [0.2, 0.25) is 0 Å². The molecule has 1 aromatic rings. The van der Waals surface area contributed by atoms with Gasteiger partial charge in [0.25, 0.3) is 0 Å². The molecule has 3 nitrogen and oxygen atoms in total. The smallest absolute Gasteiger partial charge is 0.151 e. The van der Waals surface area contributed by atoms with Gasteiger partial charge in [-0.05, 0) is 18.6 Å². The van der Waals surface area contributed by atoms with Crippen LogP contribution in [0.3, 0.4) is 0 Å². The molecule has 0 radical (unpaired) electrons. The summed E-state index contributed by atoms with van der Waals surface area (Å²) in [5, 5.41) is 7.15. The number of nitrogens with two attached hydrogens (primary N) is 1. The second-order valence-corrected chi connectivity index (χ2v) is 3.42. The van der Waals surface area contributed by atoms with Crippen molar-refractivity contribution in [3.63, 3.8) is 0 Å². The van der Waals surface area contributed by atoms with Crippen molar-refractivity contribution in [3.8, 4) is 0 Å². The van der Waals surface area contributed by atoms with Crippen molar-refractivity contribution in [2.45, 2.75) is 6.42 Å². The molecule has 0 atom stereocenters. The van der Waals surface area contributed by atoms with Crippen LogP contribution >= 0.6 is 36.6 Å². The summed E-state index contributed by atoms with van der Waals surface area (Å²) >= 11 is 1.35. The fourth-order valence-corrected chi connectivity index (χ4v) is 1.34. The van der Waals surface area contributed by atoms with Crippen LogP contribution in [0.4, 0.5) is 0 Å². The van der Waals surface area contributed by atoms with Gasteiger partial charge in [-0.2, -0.15) is 0 Å². The molecule has 1 aromatic heterocycles. The summed E-state index contributed by atoms with van der Waals surface area (Å²) in [6, 6.07) is 5.82. The maximum atomic E-state index is 6.98. The standard InChI is InChI=1S/C8H11N3S.2ClH/c9-8(10)12-6-4-7-3-1-2-5-11-7;;/h1-3,5H,4,6H2,(H3,9,10);2*1H. The van der Waals surface area contributed by atoms with Gasteiger partial charge in [0.15, 0.2) is 5.17 Å². The van der Waals surface area contributed by atoms with Gasteiger partial charge in [0.05, 0.1) is 0 Å². The van der Waals surface area contributed by atoms with Crippen molar-refractivity contribution in [1.29, 1.82) is 5.41 Å². The molecule has 1 rings (SSSR count). The van der Waals surface area contributed by atoms with E-state index in [4.69, 9.17) is 11.1 Å². The van der Waals surface area contributed by atoms with Gasteiger partial charge in [0.2, 0.25) is 0 Å². The topological polar surface area (TPSA) is 62.8 Å². The minimum Gasteiger partial charge on any atom is -0.379 e. The molecule has 0 bridgehead atoms. The third-order valence-electron chi connectivity index (χ3n) is 1.34. The van der Waals surface area contributed by atoms with E-state index < -0.39 is 0 Å². The Bertz CT molecular complexity index is 256. The number of halogens is 2. The molecule has 0 aliphatic heterocycles. The van der Waals surface area contributed by atoms with Crippen molar-refractivity contribution >= 4 is 41.7 Å². The number of hydrogen-bond donors (Lipinski definition) is 2. The predicted molar refractivity (Wildman–Crippen MR) is 66.8 cm³/mol. The van der Waals surface area contributed by atoms with Gasteiger partial charge in [0.1, 0.15) is 0 Å². The van der Waals surface area contributed by atoms with Gasteiger partial charge in [-0.15, -0.1) is 24.8 Å². The zero-order valence-electron chi connectivity index (χ0n) is 7.47. The van der Waals surface area contributed by atoms with E-state index in [0.29, 0.717) is 0 Å². The van der Waals surface area contributed by atoms with Crippen LogP contribution in [0.5, 0.6) is 0 Å². The molecule has 0 spiro atoms. The summed E-state index contributed by atoms with van der Waals surface area (Å²) in [6.07, 6.45) is 2.64. The first-order valence-electron chi connectivity index (χ1n) is 3.66. The maximum absolute atomic E-state index is 6.98. The Morgan fingerprint density at radius 2 is 2.14 bits per heavy atom. The third kappa shape index (κ3) is 7.00. The number of hydrogen-bond acceptors (Lipinski definition) is 3. The first kappa shape index (κ1) is 16.0. The molecule has 0 aromatic carbocycles. The van der Waals surface area contributed by atoms with Gasteiger partial charge in [0, 0.05) is 17.6 Å². The van der Waals surface area contributed by atoms with Crippen molar-refractivity contribution in [3.05, 3.63) is 30.1 Å². The summed E-state index contributed by atoms with van der Waals surface area (Å²) in [4.78, 5) is 4.15. The number of rotatable bonds is 3. The van der Waals surface area contributed by atoms with E-state index in [1.54, 1.807) is 6.20 Å². The normalized spacial score (nSPS) is 8.29. The molecule has 0 aliphatic carbocycles. The number of pyridine rings is 1. The number of nitrogens with zero attached hydrogens (tertiary/aromatic N) is 1. The molecule has 14 heavy (non-hydrogen) atoms. The minimum absolute atomic E-state index is 0. The summed E-state index contributed by atoms with van der Waals surface area (Å²) in [5.41, 5.74) is 6.23. The highest BCUT2D eigenvalue weighted by Gasteiger charge is 1.94. The zero-order chi connectivity index (χ0) is 8.81. The Morgan fingerprint density at radius 1 is 1.43 bits per heavy atom. The number of thioether (sulfide) groups is 1. The summed E-state index contributed by atoms with van der Waals surface area (Å²) in [7, 11) is 0. The largest absolute Gasteiger partial charge is 0.379 e. The zero-order valence-corrected chi connectivity index (χ0v) is 9.92. The highest BCUT2D eigenvalue weighted by molar-refractivity contribution is 8.13. The van der Waals surface area contributed by atoms with E-state index in [-0.39, 0.29) is 30.0 Å². The first-order valence-corrected chi connectivity index (χ1v) is 4.64. The van der Waals surface area contributed by atoms with E-state index in [2.05, 4.69) is 4.98 Å². The number of amidine groups is 1. The van der Waals surface area contributed by atoms with Gasteiger partial charge in [-0.3, -0.25) is 10.4 Å². The van der Waals surface area contributed by atoms with E-state index in [9.17, 15) is 0 Å². The number of aromatic nitrogens is 1. The van der Waals surface area contributed by atoms with Gasteiger partial charge >= 0.3 is 0 Å². The Morgan fingerprint density at radius 3 is 2.64 bits per heavy atom. The van der Waals surface area contributed by atoms with Gasteiger partial charge in [-0.25, -0.2) is 0 Å². The second-order valence-electron chi connectivity index (χ2n) is 2.28.